The van der Waals surface area contributed by atoms with E-state index in [4.69, 9.17) is 0 Å². The Bertz CT molecular complexity index is 920. The molecule has 0 atom stereocenters. The summed E-state index contributed by atoms with van der Waals surface area (Å²) in [6.45, 7) is 0.464. The number of hydrogen-bond acceptors (Lipinski definition) is 4. The monoisotopic (exact) mass is 306 g/mol. The average molecular weight is 306 g/mol. The first-order valence-corrected chi connectivity index (χ1v) is 7.06. The van der Waals surface area contributed by atoms with Gasteiger partial charge in [0, 0.05) is 35.8 Å². The second-order valence-corrected chi connectivity index (χ2v) is 5.17. The molecule has 0 amide bonds. The zero-order valence-corrected chi connectivity index (χ0v) is 12.5. The lowest BCUT2D eigenvalue weighted by atomic mass is 10.1. The lowest BCUT2D eigenvalue weighted by Crippen LogP contribution is -2.06. The first kappa shape index (κ1) is 14.6. The van der Waals surface area contributed by atoms with E-state index in [2.05, 4.69) is 11.4 Å². The summed E-state index contributed by atoms with van der Waals surface area (Å²) < 4.78 is 1.99. The van der Waals surface area contributed by atoms with Crippen LogP contribution in [-0.4, -0.2) is 9.49 Å². The molecule has 0 unspecified atom stereocenters. The van der Waals surface area contributed by atoms with Crippen molar-refractivity contribution in [2.45, 2.75) is 6.54 Å². The van der Waals surface area contributed by atoms with Crippen LogP contribution in [0.2, 0.25) is 0 Å². The quantitative estimate of drug-likeness (QED) is 0.590. The SMILES string of the molecule is Cn1c(CNc2ccc([N+](=O)[O-])cc2)c(C#N)c2ccccc21. The van der Waals surface area contributed by atoms with E-state index in [1.807, 2.05) is 35.9 Å². The molecule has 1 heterocycles. The van der Waals surface area contributed by atoms with Crippen LogP contribution in [0.4, 0.5) is 11.4 Å². The molecular weight excluding hydrogens is 292 g/mol. The van der Waals surface area contributed by atoms with Crippen molar-refractivity contribution in [3.8, 4) is 6.07 Å². The number of nitro benzene ring substituents is 1. The van der Waals surface area contributed by atoms with Crippen molar-refractivity contribution in [3.05, 3.63) is 69.9 Å². The molecule has 1 N–H and O–H groups in total. The Morgan fingerprint density at radius 1 is 1.22 bits per heavy atom. The van der Waals surface area contributed by atoms with Gasteiger partial charge in [0.15, 0.2) is 0 Å². The van der Waals surface area contributed by atoms with Crippen LogP contribution in [0.5, 0.6) is 0 Å². The number of benzene rings is 2. The molecule has 0 fully saturated rings. The number of non-ortho nitro benzene ring substituents is 1. The average Bonchev–Trinajstić information content (AvgIpc) is 2.85. The summed E-state index contributed by atoms with van der Waals surface area (Å²) in [6.07, 6.45) is 0. The molecule has 0 saturated heterocycles. The summed E-state index contributed by atoms with van der Waals surface area (Å²) in [5, 5.41) is 24.3. The van der Waals surface area contributed by atoms with E-state index < -0.39 is 4.92 Å². The number of nitrogens with zero attached hydrogens (tertiary/aromatic N) is 3. The van der Waals surface area contributed by atoms with E-state index in [1.54, 1.807) is 12.1 Å². The van der Waals surface area contributed by atoms with Crippen LogP contribution in [0.1, 0.15) is 11.3 Å². The normalized spacial score (nSPS) is 10.4. The third-order valence-corrected chi connectivity index (χ3v) is 3.88. The van der Waals surface area contributed by atoms with E-state index >= 15 is 0 Å². The van der Waals surface area contributed by atoms with Gasteiger partial charge in [0.1, 0.15) is 6.07 Å². The van der Waals surface area contributed by atoms with E-state index in [0.717, 1.165) is 22.3 Å². The second kappa shape index (κ2) is 5.81. The summed E-state index contributed by atoms with van der Waals surface area (Å²) in [5.74, 6) is 0. The number of aryl methyl sites for hydroxylation is 1. The Morgan fingerprint density at radius 2 is 1.91 bits per heavy atom. The van der Waals surface area contributed by atoms with Gasteiger partial charge in [0.05, 0.1) is 22.7 Å². The minimum Gasteiger partial charge on any atom is -0.379 e. The molecule has 0 aliphatic carbocycles. The van der Waals surface area contributed by atoms with Gasteiger partial charge in [0.2, 0.25) is 0 Å². The minimum atomic E-state index is -0.429. The van der Waals surface area contributed by atoms with Gasteiger partial charge in [-0.05, 0) is 18.2 Å². The van der Waals surface area contributed by atoms with Crippen molar-refractivity contribution in [1.82, 2.24) is 4.57 Å². The predicted molar refractivity (Wildman–Crippen MR) is 88.1 cm³/mol. The number of aromatic nitrogens is 1. The number of para-hydroxylation sites is 1. The Balaban J connectivity index is 1.89. The standard InChI is InChI=1S/C17H14N4O2/c1-20-16-5-3-2-4-14(16)15(10-18)17(20)11-19-12-6-8-13(9-7-12)21(22)23/h2-9,19H,11H2,1H3. The van der Waals surface area contributed by atoms with Crippen molar-refractivity contribution in [3.63, 3.8) is 0 Å². The molecule has 6 heteroatoms. The number of anilines is 1. The van der Waals surface area contributed by atoms with Crippen LogP contribution >= 0.6 is 0 Å². The maximum absolute atomic E-state index is 10.7. The summed E-state index contributed by atoms with van der Waals surface area (Å²) >= 11 is 0. The number of nitriles is 1. The van der Waals surface area contributed by atoms with Crippen LogP contribution in [0, 0.1) is 21.4 Å². The van der Waals surface area contributed by atoms with Crippen LogP contribution in [-0.2, 0) is 13.6 Å². The molecular formula is C17H14N4O2. The van der Waals surface area contributed by atoms with Gasteiger partial charge in [-0.2, -0.15) is 5.26 Å². The van der Waals surface area contributed by atoms with Crippen molar-refractivity contribution in [2.24, 2.45) is 7.05 Å². The summed E-state index contributed by atoms with van der Waals surface area (Å²) in [4.78, 5) is 10.2. The molecule has 0 saturated carbocycles. The molecule has 0 aliphatic rings. The van der Waals surface area contributed by atoms with Gasteiger partial charge in [0.25, 0.3) is 5.69 Å². The molecule has 114 valence electrons. The molecule has 0 bridgehead atoms. The maximum atomic E-state index is 10.7. The molecule has 0 spiro atoms. The summed E-state index contributed by atoms with van der Waals surface area (Å²) in [6, 6.07) is 16.3. The number of nitro groups is 1. The molecule has 23 heavy (non-hydrogen) atoms. The highest BCUT2D eigenvalue weighted by atomic mass is 16.6. The van der Waals surface area contributed by atoms with Crippen LogP contribution in [0.3, 0.4) is 0 Å². The third-order valence-electron chi connectivity index (χ3n) is 3.88. The Labute approximate surface area is 132 Å². The van der Waals surface area contributed by atoms with Gasteiger partial charge < -0.3 is 9.88 Å². The van der Waals surface area contributed by atoms with E-state index in [1.165, 1.54) is 12.1 Å². The number of hydrogen-bond donors (Lipinski definition) is 1. The topological polar surface area (TPSA) is 83.9 Å². The number of rotatable bonds is 4. The highest BCUT2D eigenvalue weighted by molar-refractivity contribution is 5.88. The van der Waals surface area contributed by atoms with Crippen molar-refractivity contribution >= 4 is 22.3 Å². The maximum Gasteiger partial charge on any atom is 0.269 e. The van der Waals surface area contributed by atoms with Crippen molar-refractivity contribution in [1.29, 1.82) is 5.26 Å². The van der Waals surface area contributed by atoms with Crippen LogP contribution in [0.15, 0.2) is 48.5 Å². The fourth-order valence-corrected chi connectivity index (χ4v) is 2.66. The summed E-state index contributed by atoms with van der Waals surface area (Å²) in [7, 11) is 1.93. The van der Waals surface area contributed by atoms with Gasteiger partial charge in [-0.1, -0.05) is 18.2 Å². The molecule has 2 aromatic carbocycles. The zero-order chi connectivity index (χ0) is 16.4. The molecule has 1 aromatic heterocycles. The lowest BCUT2D eigenvalue weighted by molar-refractivity contribution is -0.384. The highest BCUT2D eigenvalue weighted by Gasteiger charge is 2.14. The predicted octanol–water partition coefficient (Wildman–Crippen LogP) is 3.57. The number of nitrogens with one attached hydrogen (secondary N) is 1. The third kappa shape index (κ3) is 2.60. The molecule has 6 nitrogen and oxygen atoms in total. The molecule has 3 aromatic rings. The highest BCUT2D eigenvalue weighted by Crippen LogP contribution is 2.25. The van der Waals surface area contributed by atoms with Crippen molar-refractivity contribution < 1.29 is 4.92 Å². The largest absolute Gasteiger partial charge is 0.379 e. The van der Waals surface area contributed by atoms with Crippen LogP contribution in [0.25, 0.3) is 10.9 Å². The molecule has 0 radical (unpaired) electrons. The smallest absolute Gasteiger partial charge is 0.269 e. The van der Waals surface area contributed by atoms with Gasteiger partial charge >= 0.3 is 0 Å². The van der Waals surface area contributed by atoms with Crippen molar-refractivity contribution in [2.75, 3.05) is 5.32 Å². The zero-order valence-electron chi connectivity index (χ0n) is 12.5. The van der Waals surface area contributed by atoms with E-state index in [-0.39, 0.29) is 5.69 Å². The van der Waals surface area contributed by atoms with Crippen LogP contribution < -0.4 is 5.32 Å². The molecule has 3 rings (SSSR count). The number of fused-ring (bicyclic) bond motifs is 1. The van der Waals surface area contributed by atoms with Gasteiger partial charge in [-0.3, -0.25) is 10.1 Å². The first-order valence-electron chi connectivity index (χ1n) is 7.06. The molecule has 0 aliphatic heterocycles. The van der Waals surface area contributed by atoms with Gasteiger partial charge in [-0.25, -0.2) is 0 Å². The van der Waals surface area contributed by atoms with E-state index in [9.17, 15) is 15.4 Å². The minimum absolute atomic E-state index is 0.0536. The van der Waals surface area contributed by atoms with Gasteiger partial charge in [-0.15, -0.1) is 0 Å². The lowest BCUT2D eigenvalue weighted by Gasteiger charge is -2.08. The van der Waals surface area contributed by atoms with E-state index in [0.29, 0.717) is 12.1 Å². The second-order valence-electron chi connectivity index (χ2n) is 5.17. The fraction of sp³-hybridized carbons (Fsp3) is 0.118. The Hall–Kier alpha value is -3.33. The summed E-state index contributed by atoms with van der Waals surface area (Å²) in [5.41, 5.74) is 3.36. The fourth-order valence-electron chi connectivity index (χ4n) is 2.66. The first-order chi connectivity index (χ1) is 11.1. The Morgan fingerprint density at radius 3 is 2.57 bits per heavy atom. The Kier molecular flexibility index (Phi) is 3.69.